The molecule has 0 aromatic heterocycles. The van der Waals surface area contributed by atoms with Gasteiger partial charge in [0.05, 0.1) is 12.8 Å². The van der Waals surface area contributed by atoms with Gasteiger partial charge in [0.2, 0.25) is 11.8 Å². The molecular weight excluding hydrogens is 354 g/mol. The molecular formula is C20H22F2N2O3. The summed E-state index contributed by atoms with van der Waals surface area (Å²) in [5, 5.41) is 5.03. The number of ether oxygens (including phenoxy) is 1. The van der Waals surface area contributed by atoms with Crippen LogP contribution >= 0.6 is 0 Å². The molecule has 2 amide bonds. The van der Waals surface area contributed by atoms with Crippen LogP contribution in [0.25, 0.3) is 0 Å². The Balaban J connectivity index is 1.93. The summed E-state index contributed by atoms with van der Waals surface area (Å²) in [6, 6.07) is 10.2. The summed E-state index contributed by atoms with van der Waals surface area (Å²) in [6.07, 6.45) is 0.563. The van der Waals surface area contributed by atoms with E-state index in [9.17, 15) is 18.4 Å². The molecule has 0 aliphatic rings. The highest BCUT2D eigenvalue weighted by Crippen LogP contribution is 2.21. The minimum absolute atomic E-state index is 0.182. The number of anilines is 1. The Morgan fingerprint density at radius 3 is 2.48 bits per heavy atom. The van der Waals surface area contributed by atoms with Crippen molar-refractivity contribution in [3.8, 4) is 5.75 Å². The van der Waals surface area contributed by atoms with E-state index in [1.807, 2.05) is 24.3 Å². The van der Waals surface area contributed by atoms with Gasteiger partial charge in [-0.3, -0.25) is 9.59 Å². The normalized spacial score (nSPS) is 11.0. The molecule has 0 saturated heterocycles. The lowest BCUT2D eigenvalue weighted by Gasteiger charge is -2.23. The van der Waals surface area contributed by atoms with Crippen molar-refractivity contribution in [2.75, 3.05) is 19.0 Å². The zero-order chi connectivity index (χ0) is 20.0. The maximum atomic E-state index is 13.7. The average molecular weight is 376 g/mol. The van der Waals surface area contributed by atoms with Crippen molar-refractivity contribution in [3.05, 3.63) is 59.7 Å². The summed E-state index contributed by atoms with van der Waals surface area (Å²) < 4.78 is 31.8. The van der Waals surface area contributed by atoms with Crippen LogP contribution in [0.4, 0.5) is 14.5 Å². The van der Waals surface area contributed by atoms with Crippen molar-refractivity contribution in [1.82, 2.24) is 5.32 Å². The zero-order valence-corrected chi connectivity index (χ0v) is 15.4. The molecule has 2 N–H and O–H groups in total. The van der Waals surface area contributed by atoms with Gasteiger partial charge in [0.25, 0.3) is 0 Å². The monoisotopic (exact) mass is 376 g/mol. The molecule has 7 heteroatoms. The van der Waals surface area contributed by atoms with E-state index in [-0.39, 0.29) is 5.69 Å². The summed E-state index contributed by atoms with van der Waals surface area (Å²) in [7, 11) is 1.58. The number of carbonyl (C=O) groups excluding carboxylic acids is 2. The number of nitrogens with one attached hydrogen (secondary N) is 2. The third kappa shape index (κ3) is 5.26. The van der Waals surface area contributed by atoms with Crippen molar-refractivity contribution < 1.29 is 23.1 Å². The Morgan fingerprint density at radius 1 is 1.07 bits per heavy atom. The van der Waals surface area contributed by atoms with Gasteiger partial charge in [0.15, 0.2) is 0 Å². The number of methoxy groups -OCH3 is 1. The van der Waals surface area contributed by atoms with E-state index in [2.05, 4.69) is 10.6 Å². The lowest BCUT2D eigenvalue weighted by molar-refractivity contribution is -0.138. The summed E-state index contributed by atoms with van der Waals surface area (Å²) in [6.45, 7) is 3.20. The number of halogens is 2. The van der Waals surface area contributed by atoms with Gasteiger partial charge in [-0.05, 0) is 50.1 Å². The maximum absolute atomic E-state index is 13.7. The molecule has 0 aliphatic heterocycles. The van der Waals surface area contributed by atoms with Crippen molar-refractivity contribution in [2.45, 2.75) is 20.3 Å². The average Bonchev–Trinajstić information content (AvgIpc) is 2.63. The number of carbonyl (C=O) groups is 2. The lowest BCUT2D eigenvalue weighted by atomic mass is 9.90. The van der Waals surface area contributed by atoms with E-state index in [0.717, 1.165) is 23.4 Å². The molecule has 2 rings (SSSR count). The third-order valence-corrected chi connectivity index (χ3v) is 4.15. The first kappa shape index (κ1) is 20.4. The molecule has 2 aromatic carbocycles. The molecule has 0 bridgehead atoms. The molecule has 0 atom stereocenters. The quantitative estimate of drug-likeness (QED) is 0.729. The SMILES string of the molecule is COc1cccc(CCNC(=O)C(C)(C)C(=O)Nc2ccc(F)cc2F)c1. The second-order valence-electron chi connectivity index (χ2n) is 6.56. The van der Waals surface area contributed by atoms with E-state index in [0.29, 0.717) is 19.0 Å². The molecule has 0 radical (unpaired) electrons. The fourth-order valence-corrected chi connectivity index (χ4v) is 2.34. The van der Waals surface area contributed by atoms with Crippen LogP contribution in [0.5, 0.6) is 5.75 Å². The van der Waals surface area contributed by atoms with Gasteiger partial charge in [0.1, 0.15) is 22.8 Å². The molecule has 27 heavy (non-hydrogen) atoms. The number of hydrogen-bond donors (Lipinski definition) is 2. The fraction of sp³-hybridized carbons (Fsp3) is 0.300. The van der Waals surface area contributed by atoms with Gasteiger partial charge >= 0.3 is 0 Å². The van der Waals surface area contributed by atoms with Gasteiger partial charge in [0, 0.05) is 12.6 Å². The molecule has 0 saturated carbocycles. The first-order valence-electron chi connectivity index (χ1n) is 8.42. The summed E-state index contributed by atoms with van der Waals surface area (Å²) in [4.78, 5) is 24.8. The molecule has 0 fully saturated rings. The first-order chi connectivity index (χ1) is 12.7. The van der Waals surface area contributed by atoms with Crippen molar-refractivity contribution in [2.24, 2.45) is 5.41 Å². The van der Waals surface area contributed by atoms with Crippen molar-refractivity contribution in [3.63, 3.8) is 0 Å². The highest BCUT2D eigenvalue weighted by Gasteiger charge is 2.36. The molecule has 0 aliphatic carbocycles. The van der Waals surface area contributed by atoms with Crippen molar-refractivity contribution in [1.29, 1.82) is 0 Å². The maximum Gasteiger partial charge on any atom is 0.239 e. The predicted octanol–water partition coefficient (Wildman–Crippen LogP) is 3.30. The van der Waals surface area contributed by atoms with Gasteiger partial charge in [-0.2, -0.15) is 0 Å². The molecule has 0 heterocycles. The Morgan fingerprint density at radius 2 is 1.81 bits per heavy atom. The van der Waals surface area contributed by atoms with Gasteiger partial charge in [-0.1, -0.05) is 12.1 Å². The summed E-state index contributed by atoms with van der Waals surface area (Å²) in [5.74, 6) is -2.12. The minimum atomic E-state index is -1.44. The third-order valence-electron chi connectivity index (χ3n) is 4.15. The largest absolute Gasteiger partial charge is 0.497 e. The number of benzene rings is 2. The Labute approximate surface area is 156 Å². The van der Waals surface area contributed by atoms with E-state index in [1.54, 1.807) is 7.11 Å². The van der Waals surface area contributed by atoms with E-state index in [1.165, 1.54) is 13.8 Å². The Hall–Kier alpha value is -2.96. The second-order valence-corrected chi connectivity index (χ2v) is 6.56. The molecule has 0 spiro atoms. The van der Waals surface area contributed by atoms with Crippen LogP contribution in [0.15, 0.2) is 42.5 Å². The smallest absolute Gasteiger partial charge is 0.239 e. The summed E-state index contributed by atoms with van der Waals surface area (Å²) in [5.41, 5.74) is -0.640. The van der Waals surface area contributed by atoms with Crippen LogP contribution < -0.4 is 15.4 Å². The minimum Gasteiger partial charge on any atom is -0.497 e. The van der Waals surface area contributed by atoms with E-state index < -0.39 is 28.9 Å². The molecule has 5 nitrogen and oxygen atoms in total. The van der Waals surface area contributed by atoms with Crippen LogP contribution in [0.3, 0.4) is 0 Å². The fourth-order valence-electron chi connectivity index (χ4n) is 2.34. The van der Waals surface area contributed by atoms with E-state index in [4.69, 9.17) is 4.74 Å². The highest BCUT2D eigenvalue weighted by atomic mass is 19.1. The standard InChI is InChI=1S/C20H22F2N2O3/c1-20(2,19(26)24-17-8-7-14(21)12-16(17)22)18(25)23-10-9-13-5-4-6-15(11-13)27-3/h4-8,11-12H,9-10H2,1-3H3,(H,23,25)(H,24,26). The van der Waals surface area contributed by atoms with Gasteiger partial charge in [-0.25, -0.2) is 8.78 Å². The van der Waals surface area contributed by atoms with Crippen LogP contribution in [-0.2, 0) is 16.0 Å². The predicted molar refractivity (Wildman–Crippen MR) is 98.5 cm³/mol. The topological polar surface area (TPSA) is 67.4 Å². The second kappa shape index (κ2) is 8.62. The summed E-state index contributed by atoms with van der Waals surface area (Å²) >= 11 is 0. The van der Waals surface area contributed by atoms with Crippen LogP contribution in [0.2, 0.25) is 0 Å². The molecule has 2 aromatic rings. The number of hydrogen-bond acceptors (Lipinski definition) is 3. The van der Waals surface area contributed by atoms with Crippen LogP contribution in [0.1, 0.15) is 19.4 Å². The van der Waals surface area contributed by atoms with E-state index >= 15 is 0 Å². The number of rotatable bonds is 7. The molecule has 0 unspecified atom stereocenters. The molecule has 144 valence electrons. The van der Waals surface area contributed by atoms with Gasteiger partial charge < -0.3 is 15.4 Å². The number of amides is 2. The first-order valence-corrected chi connectivity index (χ1v) is 8.42. The Bertz CT molecular complexity index is 838. The van der Waals surface area contributed by atoms with Crippen LogP contribution in [0, 0.1) is 17.0 Å². The van der Waals surface area contributed by atoms with Crippen LogP contribution in [-0.4, -0.2) is 25.5 Å². The van der Waals surface area contributed by atoms with Gasteiger partial charge in [-0.15, -0.1) is 0 Å². The van der Waals surface area contributed by atoms with Crippen molar-refractivity contribution >= 4 is 17.5 Å². The zero-order valence-electron chi connectivity index (χ0n) is 15.4. The Kier molecular flexibility index (Phi) is 6.50. The highest BCUT2D eigenvalue weighted by molar-refractivity contribution is 6.09. The lowest BCUT2D eigenvalue weighted by Crippen LogP contribution is -2.45.